The molecule has 0 aliphatic rings. The number of nitrogen functional groups attached to an aromatic ring is 1. The number of para-hydroxylation sites is 1. The molecule has 4 heteroatoms. The van der Waals surface area contributed by atoms with E-state index in [4.69, 9.17) is 15.6 Å². The minimum Gasteiger partial charge on any atom is -0.399 e. The lowest BCUT2D eigenvalue weighted by Crippen LogP contribution is -2.32. The molecule has 0 heterocycles. The molecule has 4 nitrogen and oxygen atoms in total. The molecule has 0 aliphatic carbocycles. The highest BCUT2D eigenvalue weighted by Crippen LogP contribution is 2.11. The zero-order valence-electron chi connectivity index (χ0n) is 10.4. The first-order valence-corrected chi connectivity index (χ1v) is 5.93. The molecule has 3 N–H and O–H groups in total. The highest BCUT2D eigenvalue weighted by Gasteiger charge is 2.05. The first kappa shape index (κ1) is 14.0. The quantitative estimate of drug-likeness (QED) is 0.656. The van der Waals surface area contributed by atoms with E-state index in [2.05, 4.69) is 4.90 Å². The second kappa shape index (κ2) is 8.06. The molecule has 0 amide bonds. The van der Waals surface area contributed by atoms with E-state index < -0.39 is 0 Å². The number of aliphatic hydroxyl groups is 1. The van der Waals surface area contributed by atoms with Gasteiger partial charge in [-0.2, -0.15) is 0 Å². The standard InChI is InChI=1S/C13H22N2O2/c1-17-11-9-15(8-10-16)7-6-12-4-2-3-5-13(12)14/h2-5,16H,6-11,14H2,1H3. The molecule has 1 aromatic rings. The molecule has 17 heavy (non-hydrogen) atoms. The highest BCUT2D eigenvalue weighted by molar-refractivity contribution is 5.46. The third-order valence-electron chi connectivity index (χ3n) is 2.78. The van der Waals surface area contributed by atoms with Crippen LogP contribution in [0.15, 0.2) is 24.3 Å². The van der Waals surface area contributed by atoms with Crippen molar-refractivity contribution < 1.29 is 9.84 Å². The van der Waals surface area contributed by atoms with E-state index in [0.717, 1.165) is 30.8 Å². The van der Waals surface area contributed by atoms with Gasteiger partial charge in [-0.1, -0.05) is 18.2 Å². The lowest BCUT2D eigenvalue weighted by Gasteiger charge is -2.21. The van der Waals surface area contributed by atoms with Crippen molar-refractivity contribution in [3.63, 3.8) is 0 Å². The molecule has 96 valence electrons. The van der Waals surface area contributed by atoms with Crippen molar-refractivity contribution in [1.29, 1.82) is 0 Å². The third-order valence-corrected chi connectivity index (χ3v) is 2.78. The summed E-state index contributed by atoms with van der Waals surface area (Å²) in [6.45, 7) is 3.26. The Morgan fingerprint density at radius 3 is 2.65 bits per heavy atom. The van der Waals surface area contributed by atoms with Gasteiger partial charge in [-0.25, -0.2) is 0 Å². The summed E-state index contributed by atoms with van der Waals surface area (Å²) in [5.41, 5.74) is 7.88. The van der Waals surface area contributed by atoms with E-state index in [-0.39, 0.29) is 6.61 Å². The Balaban J connectivity index is 2.42. The van der Waals surface area contributed by atoms with Crippen LogP contribution in [-0.4, -0.2) is 50.0 Å². The minimum absolute atomic E-state index is 0.175. The number of nitrogens with zero attached hydrogens (tertiary/aromatic N) is 1. The van der Waals surface area contributed by atoms with Crippen LogP contribution in [0.5, 0.6) is 0 Å². The number of rotatable bonds is 8. The molecular formula is C13H22N2O2. The normalized spacial score (nSPS) is 11.0. The first-order chi connectivity index (χ1) is 8.27. The Morgan fingerprint density at radius 2 is 2.00 bits per heavy atom. The van der Waals surface area contributed by atoms with Crippen LogP contribution in [-0.2, 0) is 11.2 Å². The second-order valence-electron chi connectivity index (χ2n) is 4.01. The Kier molecular flexibility index (Phi) is 6.62. The molecule has 0 fully saturated rings. The summed E-state index contributed by atoms with van der Waals surface area (Å²) < 4.78 is 5.05. The van der Waals surface area contributed by atoms with Crippen LogP contribution >= 0.6 is 0 Å². The summed E-state index contributed by atoms with van der Waals surface area (Å²) >= 11 is 0. The molecule has 0 radical (unpaired) electrons. The fraction of sp³-hybridized carbons (Fsp3) is 0.538. The molecule has 0 bridgehead atoms. The molecule has 0 unspecified atom stereocenters. The first-order valence-electron chi connectivity index (χ1n) is 5.93. The average Bonchev–Trinajstić information content (AvgIpc) is 2.34. The van der Waals surface area contributed by atoms with Crippen molar-refractivity contribution in [2.24, 2.45) is 0 Å². The van der Waals surface area contributed by atoms with Crippen molar-refractivity contribution in [2.75, 3.05) is 45.7 Å². The van der Waals surface area contributed by atoms with E-state index in [1.807, 2.05) is 24.3 Å². The number of aliphatic hydroxyl groups excluding tert-OH is 1. The topological polar surface area (TPSA) is 58.7 Å². The molecule has 0 saturated carbocycles. The van der Waals surface area contributed by atoms with E-state index in [9.17, 15) is 0 Å². The van der Waals surface area contributed by atoms with Gasteiger partial charge >= 0.3 is 0 Å². The van der Waals surface area contributed by atoms with Gasteiger partial charge in [0.25, 0.3) is 0 Å². The van der Waals surface area contributed by atoms with Crippen molar-refractivity contribution >= 4 is 5.69 Å². The van der Waals surface area contributed by atoms with Crippen molar-refractivity contribution in [1.82, 2.24) is 4.90 Å². The molecule has 1 rings (SSSR count). The number of methoxy groups -OCH3 is 1. The van der Waals surface area contributed by atoms with Crippen molar-refractivity contribution in [3.05, 3.63) is 29.8 Å². The van der Waals surface area contributed by atoms with Gasteiger partial charge < -0.3 is 15.6 Å². The number of hydrogen-bond acceptors (Lipinski definition) is 4. The number of benzene rings is 1. The van der Waals surface area contributed by atoms with Crippen LogP contribution in [0.25, 0.3) is 0 Å². The summed E-state index contributed by atoms with van der Waals surface area (Å²) in [5.74, 6) is 0. The number of anilines is 1. The predicted molar refractivity (Wildman–Crippen MR) is 70.0 cm³/mol. The van der Waals surface area contributed by atoms with Crippen molar-refractivity contribution in [2.45, 2.75) is 6.42 Å². The summed E-state index contributed by atoms with van der Waals surface area (Å²) in [5, 5.41) is 8.98. The van der Waals surface area contributed by atoms with Gasteiger partial charge in [0, 0.05) is 32.4 Å². The smallest absolute Gasteiger partial charge is 0.0589 e. The molecular weight excluding hydrogens is 216 g/mol. The Labute approximate surface area is 103 Å². The second-order valence-corrected chi connectivity index (χ2v) is 4.01. The summed E-state index contributed by atoms with van der Waals surface area (Å²) in [6, 6.07) is 7.90. The van der Waals surface area contributed by atoms with Crippen LogP contribution in [0.3, 0.4) is 0 Å². The Hall–Kier alpha value is -1.10. The largest absolute Gasteiger partial charge is 0.399 e. The van der Waals surface area contributed by atoms with Crippen LogP contribution in [0.2, 0.25) is 0 Å². The number of hydrogen-bond donors (Lipinski definition) is 2. The van der Waals surface area contributed by atoms with Gasteiger partial charge in [-0.3, -0.25) is 4.90 Å². The van der Waals surface area contributed by atoms with Crippen LogP contribution in [0.4, 0.5) is 5.69 Å². The lowest BCUT2D eigenvalue weighted by molar-refractivity contribution is 0.132. The maximum absolute atomic E-state index is 8.98. The SMILES string of the molecule is COCCN(CCO)CCc1ccccc1N. The predicted octanol–water partition coefficient (Wildman–Crippen LogP) is 0.752. The average molecular weight is 238 g/mol. The van der Waals surface area contributed by atoms with Gasteiger partial charge in [-0.15, -0.1) is 0 Å². The van der Waals surface area contributed by atoms with Gasteiger partial charge in [0.1, 0.15) is 0 Å². The summed E-state index contributed by atoms with van der Waals surface area (Å²) in [7, 11) is 1.69. The Bertz CT molecular complexity index is 318. The molecule has 0 aliphatic heterocycles. The van der Waals surface area contributed by atoms with Crippen LogP contribution in [0.1, 0.15) is 5.56 Å². The lowest BCUT2D eigenvalue weighted by atomic mass is 10.1. The van der Waals surface area contributed by atoms with Crippen molar-refractivity contribution in [3.8, 4) is 0 Å². The Morgan fingerprint density at radius 1 is 1.24 bits per heavy atom. The van der Waals surface area contributed by atoms with E-state index in [0.29, 0.717) is 13.2 Å². The maximum atomic E-state index is 8.98. The van der Waals surface area contributed by atoms with Gasteiger partial charge in [0.2, 0.25) is 0 Å². The highest BCUT2D eigenvalue weighted by atomic mass is 16.5. The van der Waals surface area contributed by atoms with Crippen LogP contribution in [0, 0.1) is 0 Å². The number of nitrogens with two attached hydrogens (primary N) is 1. The minimum atomic E-state index is 0.175. The fourth-order valence-corrected chi connectivity index (χ4v) is 1.74. The van der Waals surface area contributed by atoms with Gasteiger partial charge in [0.15, 0.2) is 0 Å². The molecule has 0 saturated heterocycles. The van der Waals surface area contributed by atoms with E-state index in [1.54, 1.807) is 7.11 Å². The monoisotopic (exact) mass is 238 g/mol. The number of ether oxygens (including phenoxy) is 1. The van der Waals surface area contributed by atoms with Crippen LogP contribution < -0.4 is 5.73 Å². The summed E-state index contributed by atoms with van der Waals surface area (Å²) in [4.78, 5) is 2.18. The van der Waals surface area contributed by atoms with E-state index >= 15 is 0 Å². The molecule has 1 aromatic carbocycles. The summed E-state index contributed by atoms with van der Waals surface area (Å²) in [6.07, 6.45) is 0.899. The van der Waals surface area contributed by atoms with E-state index in [1.165, 1.54) is 0 Å². The fourth-order valence-electron chi connectivity index (χ4n) is 1.74. The van der Waals surface area contributed by atoms with Gasteiger partial charge in [0.05, 0.1) is 13.2 Å². The molecule has 0 spiro atoms. The van der Waals surface area contributed by atoms with Gasteiger partial charge in [-0.05, 0) is 18.1 Å². The zero-order valence-corrected chi connectivity index (χ0v) is 10.4. The molecule has 0 atom stereocenters. The zero-order chi connectivity index (χ0) is 12.5. The third kappa shape index (κ3) is 5.17. The maximum Gasteiger partial charge on any atom is 0.0589 e. The molecule has 0 aromatic heterocycles.